The monoisotopic (exact) mass is 227 g/mol. The molecular weight excluding hydrogens is 210 g/mol. The molecule has 1 rings (SSSR count). The summed E-state index contributed by atoms with van der Waals surface area (Å²) in [5.74, 6) is -0.296. The summed E-state index contributed by atoms with van der Waals surface area (Å²) in [4.78, 5) is 11.3. The van der Waals surface area contributed by atoms with Crippen LogP contribution in [-0.4, -0.2) is 30.3 Å². The Morgan fingerprint density at radius 2 is 2.31 bits per heavy atom. The van der Waals surface area contributed by atoms with Gasteiger partial charge in [0.1, 0.15) is 0 Å². The van der Waals surface area contributed by atoms with Crippen molar-refractivity contribution in [2.24, 2.45) is 0 Å². The number of nitrogens with one attached hydrogen (secondary N) is 1. The van der Waals surface area contributed by atoms with Crippen LogP contribution in [0.1, 0.15) is 30.0 Å². The second-order valence-corrected chi connectivity index (χ2v) is 4.18. The maximum Gasteiger partial charge on any atom is 0.374 e. The van der Waals surface area contributed by atoms with Crippen molar-refractivity contribution in [2.45, 2.75) is 26.0 Å². The first-order valence-corrected chi connectivity index (χ1v) is 5.02. The molecule has 1 aromatic rings. The lowest BCUT2D eigenvalue weighted by Gasteiger charge is -2.17. The Labute approximate surface area is 94.4 Å². The Balaban J connectivity index is 2.55. The molecule has 5 heteroatoms. The molecule has 0 aliphatic heterocycles. The average Bonchev–Trinajstić information content (AvgIpc) is 2.63. The number of rotatable bonds is 5. The first-order valence-electron chi connectivity index (χ1n) is 5.02. The number of hydrogen-bond acceptors (Lipinski definition) is 5. The molecule has 1 aromatic heterocycles. The maximum atomic E-state index is 11.3. The van der Waals surface area contributed by atoms with E-state index >= 15 is 0 Å². The van der Waals surface area contributed by atoms with Gasteiger partial charge in [-0.1, -0.05) is 0 Å². The van der Waals surface area contributed by atoms with E-state index in [0.29, 0.717) is 13.1 Å². The van der Waals surface area contributed by atoms with E-state index in [9.17, 15) is 9.90 Å². The van der Waals surface area contributed by atoms with Gasteiger partial charge in [0.15, 0.2) is 0 Å². The summed E-state index contributed by atoms with van der Waals surface area (Å²) in [6.45, 7) is 4.29. The summed E-state index contributed by atoms with van der Waals surface area (Å²) in [5, 5.41) is 12.5. The van der Waals surface area contributed by atoms with Crippen molar-refractivity contribution in [3.05, 3.63) is 23.7 Å². The second-order valence-electron chi connectivity index (χ2n) is 4.18. The van der Waals surface area contributed by atoms with E-state index in [1.54, 1.807) is 19.9 Å². The number of aliphatic hydroxyl groups is 1. The van der Waals surface area contributed by atoms with Gasteiger partial charge in [-0.3, -0.25) is 0 Å². The van der Waals surface area contributed by atoms with Gasteiger partial charge < -0.3 is 19.6 Å². The molecular formula is C11H17NO4. The molecule has 2 N–H and O–H groups in total. The third-order valence-electron chi connectivity index (χ3n) is 1.99. The van der Waals surface area contributed by atoms with E-state index in [0.717, 1.165) is 5.56 Å². The normalized spacial score (nSPS) is 11.5. The Kier molecular flexibility index (Phi) is 4.09. The summed E-state index contributed by atoms with van der Waals surface area (Å²) in [7, 11) is 1.30. The fraction of sp³-hybridized carbons (Fsp3) is 0.545. The van der Waals surface area contributed by atoms with E-state index in [1.807, 2.05) is 0 Å². The summed E-state index contributed by atoms with van der Waals surface area (Å²) in [6.07, 6.45) is 1.44. The molecule has 90 valence electrons. The number of ether oxygens (including phenoxy) is 1. The molecule has 0 saturated heterocycles. The average molecular weight is 227 g/mol. The molecule has 0 spiro atoms. The maximum absolute atomic E-state index is 11.3. The van der Waals surface area contributed by atoms with Crippen molar-refractivity contribution in [1.82, 2.24) is 5.32 Å². The number of esters is 1. The van der Waals surface area contributed by atoms with Gasteiger partial charge in [-0.05, 0) is 19.9 Å². The van der Waals surface area contributed by atoms with E-state index in [1.165, 1.54) is 13.4 Å². The highest BCUT2D eigenvalue weighted by molar-refractivity contribution is 5.87. The van der Waals surface area contributed by atoms with Gasteiger partial charge in [-0.25, -0.2) is 4.79 Å². The minimum absolute atomic E-state index is 0.200. The second kappa shape index (κ2) is 5.14. The minimum atomic E-state index is -0.783. The van der Waals surface area contributed by atoms with Crippen LogP contribution in [0.5, 0.6) is 0 Å². The van der Waals surface area contributed by atoms with E-state index in [-0.39, 0.29) is 5.76 Å². The first-order chi connectivity index (χ1) is 7.44. The van der Waals surface area contributed by atoms with Gasteiger partial charge in [0.25, 0.3) is 0 Å². The van der Waals surface area contributed by atoms with Crippen molar-refractivity contribution in [1.29, 1.82) is 0 Å². The van der Waals surface area contributed by atoms with Crippen molar-refractivity contribution in [3.63, 3.8) is 0 Å². The molecule has 0 aliphatic carbocycles. The zero-order chi connectivity index (χ0) is 12.2. The van der Waals surface area contributed by atoms with Crippen LogP contribution in [0.25, 0.3) is 0 Å². The molecule has 0 aliphatic rings. The Hall–Kier alpha value is -1.33. The van der Waals surface area contributed by atoms with Crippen molar-refractivity contribution in [2.75, 3.05) is 13.7 Å². The molecule has 16 heavy (non-hydrogen) atoms. The van der Waals surface area contributed by atoms with Crippen LogP contribution in [0.4, 0.5) is 0 Å². The van der Waals surface area contributed by atoms with Crippen LogP contribution in [0.2, 0.25) is 0 Å². The third kappa shape index (κ3) is 3.67. The lowest BCUT2D eigenvalue weighted by atomic mass is 10.1. The molecule has 0 aromatic carbocycles. The lowest BCUT2D eigenvalue weighted by Crippen LogP contribution is -2.34. The fourth-order valence-electron chi connectivity index (χ4n) is 1.25. The molecule has 0 unspecified atom stereocenters. The summed E-state index contributed by atoms with van der Waals surface area (Å²) >= 11 is 0. The van der Waals surface area contributed by atoms with Gasteiger partial charge in [0, 0.05) is 18.7 Å². The number of carbonyl (C=O) groups excluding carboxylic acids is 1. The number of carbonyl (C=O) groups is 1. The molecule has 0 radical (unpaired) electrons. The molecule has 1 heterocycles. The standard InChI is InChI=1S/C11H17NO4/c1-11(2,14)7-12-6-8-4-5-16-9(8)10(13)15-3/h4-5,12,14H,6-7H2,1-3H3. The van der Waals surface area contributed by atoms with E-state index < -0.39 is 11.6 Å². The smallest absolute Gasteiger partial charge is 0.374 e. The molecule has 5 nitrogen and oxygen atoms in total. The zero-order valence-electron chi connectivity index (χ0n) is 9.74. The third-order valence-corrected chi connectivity index (χ3v) is 1.99. The molecule has 0 fully saturated rings. The number of methoxy groups -OCH3 is 1. The zero-order valence-corrected chi connectivity index (χ0v) is 9.74. The van der Waals surface area contributed by atoms with Gasteiger partial charge in [0.05, 0.1) is 19.0 Å². The quantitative estimate of drug-likeness (QED) is 0.732. The van der Waals surface area contributed by atoms with Gasteiger partial charge >= 0.3 is 5.97 Å². The van der Waals surface area contributed by atoms with Crippen molar-refractivity contribution in [3.8, 4) is 0 Å². The van der Waals surface area contributed by atoms with Crippen LogP contribution >= 0.6 is 0 Å². The number of hydrogen-bond donors (Lipinski definition) is 2. The molecule has 0 atom stereocenters. The number of furan rings is 1. The highest BCUT2D eigenvalue weighted by Gasteiger charge is 2.17. The topological polar surface area (TPSA) is 71.7 Å². The van der Waals surface area contributed by atoms with Crippen LogP contribution in [0.15, 0.2) is 16.7 Å². The highest BCUT2D eigenvalue weighted by Crippen LogP contribution is 2.11. The van der Waals surface area contributed by atoms with Gasteiger partial charge in [0.2, 0.25) is 5.76 Å². The van der Waals surface area contributed by atoms with Crippen LogP contribution in [-0.2, 0) is 11.3 Å². The molecule has 0 saturated carbocycles. The predicted octanol–water partition coefficient (Wildman–Crippen LogP) is 0.927. The Morgan fingerprint density at radius 3 is 2.88 bits per heavy atom. The largest absolute Gasteiger partial charge is 0.463 e. The van der Waals surface area contributed by atoms with Crippen LogP contribution < -0.4 is 5.32 Å². The van der Waals surface area contributed by atoms with Gasteiger partial charge in [-0.2, -0.15) is 0 Å². The molecule has 0 bridgehead atoms. The Bertz CT molecular complexity index is 351. The van der Waals surface area contributed by atoms with E-state index in [2.05, 4.69) is 10.1 Å². The van der Waals surface area contributed by atoms with Crippen molar-refractivity contribution < 1.29 is 19.1 Å². The molecule has 0 amide bonds. The first kappa shape index (κ1) is 12.7. The lowest BCUT2D eigenvalue weighted by molar-refractivity contribution is 0.0563. The SMILES string of the molecule is COC(=O)c1occc1CNCC(C)(C)O. The summed E-state index contributed by atoms with van der Waals surface area (Å²) in [5.41, 5.74) is -0.0640. The van der Waals surface area contributed by atoms with Crippen molar-refractivity contribution >= 4 is 5.97 Å². The summed E-state index contributed by atoms with van der Waals surface area (Å²) < 4.78 is 9.60. The highest BCUT2D eigenvalue weighted by atomic mass is 16.5. The van der Waals surface area contributed by atoms with Gasteiger partial charge in [-0.15, -0.1) is 0 Å². The summed E-state index contributed by atoms with van der Waals surface area (Å²) in [6, 6.07) is 1.70. The Morgan fingerprint density at radius 1 is 1.62 bits per heavy atom. The van der Waals surface area contributed by atoms with E-state index in [4.69, 9.17) is 4.42 Å². The van der Waals surface area contributed by atoms with Crippen LogP contribution in [0.3, 0.4) is 0 Å². The minimum Gasteiger partial charge on any atom is -0.463 e. The predicted molar refractivity (Wildman–Crippen MR) is 58.1 cm³/mol. The fourth-order valence-corrected chi connectivity index (χ4v) is 1.25. The van der Waals surface area contributed by atoms with Crippen LogP contribution in [0, 0.1) is 0 Å².